The first-order valence-electron chi connectivity index (χ1n) is 11.0. The fraction of sp³-hybridized carbons (Fsp3) is 0.280. The van der Waals surface area contributed by atoms with Crippen molar-refractivity contribution in [3.8, 4) is 5.75 Å². The number of hydrogen-bond donors (Lipinski definition) is 3. The van der Waals surface area contributed by atoms with Gasteiger partial charge in [-0.2, -0.15) is 0 Å². The van der Waals surface area contributed by atoms with Gasteiger partial charge in [-0.05, 0) is 38.1 Å². The van der Waals surface area contributed by atoms with Gasteiger partial charge >= 0.3 is 6.03 Å². The number of ether oxygens (including phenoxy) is 1. The zero-order chi connectivity index (χ0) is 23.9. The molecule has 1 aromatic heterocycles. The lowest BCUT2D eigenvalue weighted by Gasteiger charge is -2.27. The van der Waals surface area contributed by atoms with Crippen molar-refractivity contribution < 1.29 is 19.2 Å². The number of carbonyl (C=O) groups excluding carboxylic acids is 2. The summed E-state index contributed by atoms with van der Waals surface area (Å²) in [5.41, 5.74) is 8.06. The van der Waals surface area contributed by atoms with Crippen LogP contribution in [0.4, 0.5) is 4.79 Å². The molecule has 2 aliphatic heterocycles. The van der Waals surface area contributed by atoms with Gasteiger partial charge in [0, 0.05) is 35.2 Å². The van der Waals surface area contributed by atoms with Gasteiger partial charge in [-0.25, -0.2) is 4.79 Å². The molecule has 2 aliphatic rings. The Kier molecular flexibility index (Phi) is 5.21. The molecule has 5 rings (SSSR count). The van der Waals surface area contributed by atoms with E-state index in [4.69, 9.17) is 15.3 Å². The van der Waals surface area contributed by atoms with Crippen molar-refractivity contribution in [2.75, 3.05) is 6.54 Å². The normalized spacial score (nSPS) is 23.9. The van der Waals surface area contributed by atoms with Crippen LogP contribution in [0.5, 0.6) is 5.75 Å². The highest BCUT2D eigenvalue weighted by molar-refractivity contribution is 6.22. The third-order valence-corrected chi connectivity index (χ3v) is 6.44. The Balaban J connectivity index is 1.32. The SMILES string of the molecule is Cc1cc(COc2ccc(C3(CN)CC(C4(C)NC(=O)NC4=O)=NO3)cc2)c2ccccc2n1. The molecular weight excluding hydrogens is 434 g/mol. The molecule has 0 saturated carbocycles. The number of para-hydroxylation sites is 1. The number of aryl methyl sites for hydroxylation is 1. The van der Waals surface area contributed by atoms with Crippen LogP contribution in [-0.4, -0.2) is 34.7 Å². The molecule has 0 spiro atoms. The zero-order valence-electron chi connectivity index (χ0n) is 18.9. The number of nitrogens with one attached hydrogen (secondary N) is 2. The number of amides is 3. The van der Waals surface area contributed by atoms with Crippen molar-refractivity contribution >= 4 is 28.6 Å². The molecule has 4 N–H and O–H groups in total. The number of aromatic nitrogens is 1. The molecule has 9 nitrogen and oxygen atoms in total. The van der Waals surface area contributed by atoms with Crippen molar-refractivity contribution in [1.29, 1.82) is 0 Å². The molecule has 2 atom stereocenters. The number of nitrogens with two attached hydrogens (primary N) is 1. The van der Waals surface area contributed by atoms with Crippen LogP contribution in [0.25, 0.3) is 10.9 Å². The average Bonchev–Trinajstić information content (AvgIpc) is 3.39. The molecule has 3 amide bonds. The van der Waals surface area contributed by atoms with E-state index in [1.165, 1.54) is 0 Å². The van der Waals surface area contributed by atoms with Gasteiger partial charge in [-0.15, -0.1) is 0 Å². The van der Waals surface area contributed by atoms with Gasteiger partial charge in [0.25, 0.3) is 5.91 Å². The smallest absolute Gasteiger partial charge is 0.322 e. The maximum Gasteiger partial charge on any atom is 0.322 e. The van der Waals surface area contributed by atoms with E-state index in [2.05, 4.69) is 20.8 Å². The molecule has 34 heavy (non-hydrogen) atoms. The summed E-state index contributed by atoms with van der Waals surface area (Å²) in [6.07, 6.45) is 0.274. The molecule has 9 heteroatoms. The van der Waals surface area contributed by atoms with Crippen LogP contribution >= 0.6 is 0 Å². The zero-order valence-corrected chi connectivity index (χ0v) is 18.9. The third-order valence-electron chi connectivity index (χ3n) is 6.44. The van der Waals surface area contributed by atoms with Gasteiger partial charge in [0.05, 0.1) is 11.2 Å². The van der Waals surface area contributed by atoms with Crippen LogP contribution in [0, 0.1) is 6.92 Å². The number of rotatable bonds is 6. The first-order chi connectivity index (χ1) is 16.3. The van der Waals surface area contributed by atoms with Gasteiger partial charge in [0.1, 0.15) is 12.4 Å². The summed E-state index contributed by atoms with van der Waals surface area (Å²) in [6.45, 7) is 4.12. The lowest BCUT2D eigenvalue weighted by molar-refractivity contribution is -0.121. The molecular formula is C25H25N5O4. The second-order valence-corrected chi connectivity index (χ2v) is 8.79. The van der Waals surface area contributed by atoms with Gasteiger partial charge in [0.15, 0.2) is 11.1 Å². The van der Waals surface area contributed by atoms with E-state index in [-0.39, 0.29) is 13.0 Å². The fourth-order valence-corrected chi connectivity index (χ4v) is 4.40. The number of hydrogen-bond acceptors (Lipinski definition) is 7. The number of carbonyl (C=O) groups is 2. The van der Waals surface area contributed by atoms with Crippen molar-refractivity contribution in [1.82, 2.24) is 15.6 Å². The summed E-state index contributed by atoms with van der Waals surface area (Å²) in [4.78, 5) is 34.3. The van der Waals surface area contributed by atoms with Crippen molar-refractivity contribution in [2.45, 2.75) is 38.0 Å². The third kappa shape index (κ3) is 3.63. The largest absolute Gasteiger partial charge is 0.489 e. The molecule has 3 aromatic rings. The summed E-state index contributed by atoms with van der Waals surface area (Å²) in [5, 5.41) is 10.1. The number of imide groups is 1. The Morgan fingerprint density at radius 1 is 1.15 bits per heavy atom. The van der Waals surface area contributed by atoms with Crippen LogP contribution in [0.15, 0.2) is 59.8 Å². The van der Waals surface area contributed by atoms with Crippen molar-refractivity contribution in [3.63, 3.8) is 0 Å². The number of benzene rings is 2. The molecule has 1 fully saturated rings. The fourth-order valence-electron chi connectivity index (χ4n) is 4.40. The first kappa shape index (κ1) is 21.8. The van der Waals surface area contributed by atoms with E-state index < -0.39 is 23.1 Å². The second-order valence-electron chi connectivity index (χ2n) is 8.79. The maximum atomic E-state index is 12.3. The predicted octanol–water partition coefficient (Wildman–Crippen LogP) is 2.65. The summed E-state index contributed by atoms with van der Waals surface area (Å²) in [5.74, 6) is 0.235. The summed E-state index contributed by atoms with van der Waals surface area (Å²) in [6, 6.07) is 16.9. The van der Waals surface area contributed by atoms with Crippen LogP contribution in [0.3, 0.4) is 0 Å². The average molecular weight is 460 g/mol. The minimum atomic E-state index is -1.26. The topological polar surface area (TPSA) is 128 Å². The summed E-state index contributed by atoms with van der Waals surface area (Å²) < 4.78 is 6.05. The van der Waals surface area contributed by atoms with Crippen LogP contribution in [0.2, 0.25) is 0 Å². The lowest BCUT2D eigenvalue weighted by atomic mass is 9.83. The number of pyridine rings is 1. The number of fused-ring (bicyclic) bond motifs is 1. The van der Waals surface area contributed by atoms with E-state index in [1.54, 1.807) is 6.92 Å². The van der Waals surface area contributed by atoms with E-state index in [0.29, 0.717) is 18.1 Å². The molecule has 0 radical (unpaired) electrons. The van der Waals surface area contributed by atoms with Crippen molar-refractivity contribution in [3.05, 3.63) is 71.4 Å². The van der Waals surface area contributed by atoms with Crippen LogP contribution in [-0.2, 0) is 21.8 Å². The molecule has 174 valence electrons. The predicted molar refractivity (Wildman–Crippen MR) is 126 cm³/mol. The summed E-state index contributed by atoms with van der Waals surface area (Å²) in [7, 11) is 0. The van der Waals surface area contributed by atoms with E-state index >= 15 is 0 Å². The van der Waals surface area contributed by atoms with Crippen LogP contribution < -0.4 is 21.1 Å². The van der Waals surface area contributed by atoms with E-state index in [1.807, 2.05) is 61.5 Å². The molecule has 3 heterocycles. The second kappa shape index (κ2) is 8.11. The minimum Gasteiger partial charge on any atom is -0.489 e. The lowest BCUT2D eigenvalue weighted by Crippen LogP contribution is -2.51. The first-order valence-corrected chi connectivity index (χ1v) is 11.0. The van der Waals surface area contributed by atoms with Crippen molar-refractivity contribution in [2.24, 2.45) is 10.9 Å². The number of nitrogens with zero attached hydrogens (tertiary/aromatic N) is 2. The standard InChI is InChI=1S/C25H25N5O4/c1-15-11-16(19-5-3-4-6-20(19)27-15)13-33-18-9-7-17(8-10-18)25(14-26)12-21(30-34-25)24(2)22(31)28-23(32)29-24/h3-11H,12-14,26H2,1-2H3,(H2,28,29,31,32). The molecule has 2 unspecified atom stereocenters. The molecule has 0 aliphatic carbocycles. The van der Waals surface area contributed by atoms with Crippen LogP contribution in [0.1, 0.15) is 30.2 Å². The Morgan fingerprint density at radius 3 is 2.62 bits per heavy atom. The molecule has 0 bridgehead atoms. The Morgan fingerprint density at radius 2 is 1.91 bits per heavy atom. The van der Waals surface area contributed by atoms with Gasteiger partial charge in [0.2, 0.25) is 0 Å². The van der Waals surface area contributed by atoms with Gasteiger partial charge in [-0.1, -0.05) is 35.5 Å². The minimum absolute atomic E-state index is 0.147. The highest BCUT2D eigenvalue weighted by Gasteiger charge is 2.53. The maximum absolute atomic E-state index is 12.3. The monoisotopic (exact) mass is 459 g/mol. The quantitative estimate of drug-likeness (QED) is 0.486. The van der Waals surface area contributed by atoms with E-state index in [0.717, 1.165) is 27.7 Å². The highest BCUT2D eigenvalue weighted by Crippen LogP contribution is 2.38. The van der Waals surface area contributed by atoms with E-state index in [9.17, 15) is 9.59 Å². The number of urea groups is 1. The Bertz CT molecular complexity index is 1320. The summed E-state index contributed by atoms with van der Waals surface area (Å²) >= 11 is 0. The Labute approximate surface area is 196 Å². The van der Waals surface area contributed by atoms with Gasteiger partial charge in [-0.3, -0.25) is 15.1 Å². The van der Waals surface area contributed by atoms with Gasteiger partial charge < -0.3 is 20.6 Å². The Hall–Kier alpha value is -3.98. The highest BCUT2D eigenvalue weighted by atomic mass is 16.7. The molecule has 1 saturated heterocycles. The number of oxime groups is 1. The molecule has 2 aromatic carbocycles.